The maximum atomic E-state index is 13.5. The molecule has 0 radical (unpaired) electrons. The SMILES string of the molecule is CC(C)COCCNc1cc(F)c(C(=O)O)cc1N. The fraction of sp³-hybridized carbons (Fsp3) is 0.462. The van der Waals surface area contributed by atoms with Crippen LogP contribution in [0.4, 0.5) is 15.8 Å². The first kappa shape index (κ1) is 15.2. The van der Waals surface area contributed by atoms with Crippen molar-refractivity contribution in [3.05, 3.63) is 23.5 Å². The highest BCUT2D eigenvalue weighted by atomic mass is 19.1. The van der Waals surface area contributed by atoms with Gasteiger partial charge in [0.1, 0.15) is 5.82 Å². The van der Waals surface area contributed by atoms with Gasteiger partial charge in [0.25, 0.3) is 0 Å². The number of carboxylic acids is 1. The molecule has 0 bridgehead atoms. The highest BCUT2D eigenvalue weighted by molar-refractivity contribution is 5.90. The van der Waals surface area contributed by atoms with Gasteiger partial charge in [-0.3, -0.25) is 0 Å². The summed E-state index contributed by atoms with van der Waals surface area (Å²) in [5.74, 6) is -1.69. The molecule has 4 N–H and O–H groups in total. The molecule has 19 heavy (non-hydrogen) atoms. The minimum Gasteiger partial charge on any atom is -0.478 e. The standard InChI is InChI=1S/C13H19FN2O3/c1-8(2)7-19-4-3-16-12-6-10(14)9(13(17)18)5-11(12)15/h5-6,8,16H,3-4,7,15H2,1-2H3,(H,17,18). The molecule has 0 saturated carbocycles. The Morgan fingerprint density at radius 1 is 1.53 bits per heavy atom. The molecule has 0 aliphatic carbocycles. The van der Waals surface area contributed by atoms with Gasteiger partial charge in [-0.25, -0.2) is 9.18 Å². The van der Waals surface area contributed by atoms with Crippen molar-refractivity contribution in [2.45, 2.75) is 13.8 Å². The number of carbonyl (C=O) groups is 1. The molecule has 0 saturated heterocycles. The van der Waals surface area contributed by atoms with Gasteiger partial charge in [-0.2, -0.15) is 0 Å². The van der Waals surface area contributed by atoms with Crippen LogP contribution in [0, 0.1) is 11.7 Å². The van der Waals surface area contributed by atoms with E-state index in [0.29, 0.717) is 31.4 Å². The number of nitrogen functional groups attached to an aromatic ring is 1. The number of hydrogen-bond donors (Lipinski definition) is 3. The fourth-order valence-electron chi connectivity index (χ4n) is 1.48. The van der Waals surface area contributed by atoms with Crippen molar-refractivity contribution in [1.82, 2.24) is 0 Å². The van der Waals surface area contributed by atoms with Gasteiger partial charge in [0, 0.05) is 13.2 Å². The number of nitrogens with two attached hydrogens (primary N) is 1. The molecular formula is C13H19FN2O3. The minimum absolute atomic E-state index is 0.197. The molecule has 0 heterocycles. The van der Waals surface area contributed by atoms with E-state index >= 15 is 0 Å². The van der Waals surface area contributed by atoms with E-state index in [1.807, 2.05) is 13.8 Å². The van der Waals surface area contributed by atoms with Crippen LogP contribution in [-0.2, 0) is 4.74 Å². The quantitative estimate of drug-likeness (QED) is 0.522. The molecule has 0 aliphatic rings. The zero-order valence-corrected chi connectivity index (χ0v) is 11.1. The molecule has 1 aromatic rings. The summed E-state index contributed by atoms with van der Waals surface area (Å²) in [6.07, 6.45) is 0. The van der Waals surface area contributed by atoms with E-state index in [9.17, 15) is 9.18 Å². The molecule has 1 aromatic carbocycles. The number of ether oxygens (including phenoxy) is 1. The summed E-state index contributed by atoms with van der Waals surface area (Å²) in [5, 5.41) is 11.7. The lowest BCUT2D eigenvalue weighted by molar-refractivity contribution is 0.0692. The van der Waals surface area contributed by atoms with Crippen LogP contribution < -0.4 is 11.1 Å². The fourth-order valence-corrected chi connectivity index (χ4v) is 1.48. The van der Waals surface area contributed by atoms with Gasteiger partial charge in [0.2, 0.25) is 0 Å². The van der Waals surface area contributed by atoms with Crippen molar-refractivity contribution in [3.63, 3.8) is 0 Å². The highest BCUT2D eigenvalue weighted by Gasteiger charge is 2.13. The van der Waals surface area contributed by atoms with Crippen molar-refractivity contribution in [3.8, 4) is 0 Å². The lowest BCUT2D eigenvalue weighted by Gasteiger charge is -2.11. The van der Waals surface area contributed by atoms with Crippen molar-refractivity contribution in [2.75, 3.05) is 30.8 Å². The lowest BCUT2D eigenvalue weighted by atomic mass is 10.1. The number of nitrogens with one attached hydrogen (secondary N) is 1. The number of halogens is 1. The van der Waals surface area contributed by atoms with Crippen molar-refractivity contribution in [1.29, 1.82) is 0 Å². The Hall–Kier alpha value is -1.82. The first-order chi connectivity index (χ1) is 8.91. The Bertz CT molecular complexity index is 450. The summed E-state index contributed by atoms with van der Waals surface area (Å²) in [7, 11) is 0. The maximum Gasteiger partial charge on any atom is 0.338 e. The van der Waals surface area contributed by atoms with Crippen LogP contribution in [0.3, 0.4) is 0 Å². The average Bonchev–Trinajstić information content (AvgIpc) is 2.31. The van der Waals surface area contributed by atoms with Gasteiger partial charge in [-0.15, -0.1) is 0 Å². The second kappa shape index (κ2) is 6.94. The van der Waals surface area contributed by atoms with E-state index in [4.69, 9.17) is 15.6 Å². The average molecular weight is 270 g/mol. The van der Waals surface area contributed by atoms with Gasteiger partial charge in [-0.1, -0.05) is 13.8 Å². The predicted octanol–water partition coefficient (Wildman–Crippen LogP) is 2.19. The van der Waals surface area contributed by atoms with Crippen LogP contribution >= 0.6 is 0 Å². The largest absolute Gasteiger partial charge is 0.478 e. The number of rotatable bonds is 7. The predicted molar refractivity (Wildman–Crippen MR) is 71.9 cm³/mol. The maximum absolute atomic E-state index is 13.5. The van der Waals surface area contributed by atoms with Crippen LogP contribution in [0.1, 0.15) is 24.2 Å². The zero-order valence-electron chi connectivity index (χ0n) is 11.1. The molecule has 0 amide bonds. The summed E-state index contributed by atoms with van der Waals surface area (Å²) < 4.78 is 18.8. The molecule has 0 atom stereocenters. The van der Waals surface area contributed by atoms with E-state index in [1.54, 1.807) is 0 Å². The van der Waals surface area contributed by atoms with Gasteiger partial charge >= 0.3 is 5.97 Å². The van der Waals surface area contributed by atoms with Crippen LogP contribution in [0.15, 0.2) is 12.1 Å². The minimum atomic E-state index is -1.34. The molecule has 0 aromatic heterocycles. The Balaban J connectivity index is 2.55. The smallest absolute Gasteiger partial charge is 0.338 e. The third kappa shape index (κ3) is 4.75. The van der Waals surface area contributed by atoms with Crippen LogP contribution in [0.25, 0.3) is 0 Å². The van der Waals surface area contributed by atoms with E-state index < -0.39 is 17.3 Å². The Morgan fingerprint density at radius 2 is 2.21 bits per heavy atom. The van der Waals surface area contributed by atoms with Crippen molar-refractivity contribution >= 4 is 17.3 Å². The lowest BCUT2D eigenvalue weighted by Crippen LogP contribution is -2.14. The van der Waals surface area contributed by atoms with Crippen molar-refractivity contribution in [2.24, 2.45) is 5.92 Å². The monoisotopic (exact) mass is 270 g/mol. The number of hydrogen-bond acceptors (Lipinski definition) is 4. The molecule has 5 nitrogen and oxygen atoms in total. The summed E-state index contributed by atoms with van der Waals surface area (Å²) >= 11 is 0. The Kier molecular flexibility index (Phi) is 5.57. The third-order valence-electron chi connectivity index (χ3n) is 2.38. The van der Waals surface area contributed by atoms with Gasteiger partial charge in [0.15, 0.2) is 0 Å². The molecule has 0 aliphatic heterocycles. The highest BCUT2D eigenvalue weighted by Crippen LogP contribution is 2.22. The van der Waals surface area contributed by atoms with Crippen molar-refractivity contribution < 1.29 is 19.0 Å². The first-order valence-electron chi connectivity index (χ1n) is 6.05. The number of aromatic carboxylic acids is 1. The molecule has 106 valence electrons. The Labute approximate surface area is 111 Å². The molecule has 1 rings (SSSR count). The molecule has 0 fully saturated rings. The van der Waals surface area contributed by atoms with E-state index in [1.165, 1.54) is 0 Å². The second-order valence-corrected chi connectivity index (χ2v) is 4.62. The summed E-state index contributed by atoms with van der Waals surface area (Å²) in [4.78, 5) is 10.7. The number of anilines is 2. The third-order valence-corrected chi connectivity index (χ3v) is 2.38. The zero-order chi connectivity index (χ0) is 14.4. The van der Waals surface area contributed by atoms with E-state index in [2.05, 4.69) is 5.32 Å². The van der Waals surface area contributed by atoms with Gasteiger partial charge in [-0.05, 0) is 18.1 Å². The topological polar surface area (TPSA) is 84.6 Å². The van der Waals surface area contributed by atoms with E-state index in [0.717, 1.165) is 12.1 Å². The number of carboxylic acid groups (broad SMARTS) is 1. The first-order valence-corrected chi connectivity index (χ1v) is 6.05. The van der Waals surface area contributed by atoms with Crippen LogP contribution in [0.5, 0.6) is 0 Å². The van der Waals surface area contributed by atoms with E-state index in [-0.39, 0.29) is 5.69 Å². The summed E-state index contributed by atoms with van der Waals surface area (Å²) in [6.45, 7) is 5.70. The Morgan fingerprint density at radius 3 is 2.79 bits per heavy atom. The molecule has 6 heteroatoms. The second-order valence-electron chi connectivity index (χ2n) is 4.62. The van der Waals surface area contributed by atoms with Crippen LogP contribution in [-0.4, -0.2) is 30.8 Å². The van der Waals surface area contributed by atoms with Crippen LogP contribution in [0.2, 0.25) is 0 Å². The summed E-state index contributed by atoms with van der Waals surface area (Å²) in [6, 6.07) is 2.19. The van der Waals surface area contributed by atoms with Gasteiger partial charge < -0.3 is 20.9 Å². The number of benzene rings is 1. The van der Waals surface area contributed by atoms with Gasteiger partial charge in [0.05, 0.1) is 23.5 Å². The summed E-state index contributed by atoms with van der Waals surface area (Å²) in [5.41, 5.74) is 5.79. The molecule has 0 spiro atoms. The molecular weight excluding hydrogens is 251 g/mol. The molecule has 0 unspecified atom stereocenters. The normalized spacial score (nSPS) is 10.7.